The molecule has 0 fully saturated rings. The van der Waals surface area contributed by atoms with Crippen LogP contribution in [-0.4, -0.2) is 0 Å². The van der Waals surface area contributed by atoms with Gasteiger partial charge in [0.2, 0.25) is 0 Å². The van der Waals surface area contributed by atoms with E-state index in [1.807, 2.05) is 36.4 Å². The van der Waals surface area contributed by atoms with Crippen molar-refractivity contribution in [3.8, 4) is 11.5 Å². The molecule has 0 aliphatic rings. The Labute approximate surface area is 149 Å². The predicted molar refractivity (Wildman–Crippen MR) is 98.1 cm³/mol. The molecule has 0 unspecified atom stereocenters. The highest BCUT2D eigenvalue weighted by Gasteiger charge is 2.15. The van der Waals surface area contributed by atoms with Gasteiger partial charge in [-0.25, -0.2) is 0 Å². The van der Waals surface area contributed by atoms with Crippen LogP contribution in [0.3, 0.4) is 0 Å². The summed E-state index contributed by atoms with van der Waals surface area (Å²) in [4.78, 5) is 0.682. The van der Waals surface area contributed by atoms with Crippen molar-refractivity contribution in [3.63, 3.8) is 0 Å². The molecule has 0 radical (unpaired) electrons. The van der Waals surface area contributed by atoms with E-state index in [9.17, 15) is 4.21 Å². The molecule has 0 atom stereocenters. The number of rotatable bonds is 6. The van der Waals surface area contributed by atoms with Crippen molar-refractivity contribution in [3.05, 3.63) is 83.4 Å². The van der Waals surface area contributed by atoms with Gasteiger partial charge >= 0.3 is 11.7 Å². The van der Waals surface area contributed by atoms with Gasteiger partial charge in [0.15, 0.2) is 0 Å². The zero-order valence-corrected chi connectivity index (χ0v) is 14.3. The molecule has 0 heterocycles. The number of ether oxygens (including phenoxy) is 1. The number of hydrogen-bond acceptors (Lipinski definition) is 3. The molecule has 0 aliphatic carbocycles. The van der Waals surface area contributed by atoms with Crippen molar-refractivity contribution >= 4 is 29.0 Å². The van der Waals surface area contributed by atoms with Crippen LogP contribution in [0.1, 0.15) is 5.56 Å². The molecule has 0 bridgehead atoms. The number of halogens is 1. The Balaban J connectivity index is 1.77. The topological polar surface area (TPSA) is 38.3 Å². The minimum Gasteiger partial charge on any atom is -0.457 e. The van der Waals surface area contributed by atoms with E-state index in [-0.39, 0.29) is 0 Å². The van der Waals surface area contributed by atoms with Crippen LogP contribution >= 0.6 is 11.6 Å². The van der Waals surface area contributed by atoms with Gasteiger partial charge in [0.05, 0.1) is 0 Å². The summed E-state index contributed by atoms with van der Waals surface area (Å²) in [6.07, 6.45) is 0. The molecule has 0 aromatic heterocycles. The molecule has 3 rings (SSSR count). The van der Waals surface area contributed by atoms with Crippen LogP contribution < -0.4 is 10.1 Å². The van der Waals surface area contributed by atoms with Crippen molar-refractivity contribution in [2.75, 3.05) is 5.32 Å². The Morgan fingerprint density at radius 2 is 1.62 bits per heavy atom. The smallest absolute Gasteiger partial charge is 0.457 e. The summed E-state index contributed by atoms with van der Waals surface area (Å²) in [5, 5.41) is 3.97. The Bertz CT molecular complexity index is 823. The first-order valence-corrected chi connectivity index (χ1v) is 8.51. The Morgan fingerprint density at radius 1 is 0.917 bits per heavy atom. The largest absolute Gasteiger partial charge is 0.505 e. The summed E-state index contributed by atoms with van der Waals surface area (Å²) < 4.78 is 17.1. The SMILES string of the molecule is O=[S+]c1ccc(Oc2ccc(Cl)cc2)cc1CNc1ccccc1. The maximum absolute atomic E-state index is 11.3. The van der Waals surface area contributed by atoms with Gasteiger partial charge in [0, 0.05) is 33.1 Å². The number of benzene rings is 3. The zero-order valence-electron chi connectivity index (χ0n) is 12.7. The molecule has 0 spiro atoms. The third kappa shape index (κ3) is 4.31. The van der Waals surface area contributed by atoms with E-state index in [2.05, 4.69) is 5.32 Å². The number of para-hydroxylation sites is 1. The maximum Gasteiger partial charge on any atom is 0.505 e. The third-order valence-electron chi connectivity index (χ3n) is 3.43. The van der Waals surface area contributed by atoms with Crippen LogP contribution in [0.5, 0.6) is 11.5 Å². The second-order valence-corrected chi connectivity index (χ2v) is 6.17. The summed E-state index contributed by atoms with van der Waals surface area (Å²) in [5.41, 5.74) is 1.90. The monoisotopic (exact) mass is 356 g/mol. The summed E-state index contributed by atoms with van der Waals surface area (Å²) >= 11 is 6.36. The fraction of sp³-hybridized carbons (Fsp3) is 0.0526. The fourth-order valence-corrected chi connectivity index (χ4v) is 2.72. The second-order valence-electron chi connectivity index (χ2n) is 5.13. The molecule has 3 aromatic rings. The lowest BCUT2D eigenvalue weighted by molar-refractivity contribution is 0.481. The lowest BCUT2D eigenvalue weighted by Crippen LogP contribution is -2.01. The van der Waals surface area contributed by atoms with Crippen molar-refractivity contribution < 1.29 is 8.95 Å². The average molecular weight is 357 g/mol. The van der Waals surface area contributed by atoms with Crippen LogP contribution in [-0.2, 0) is 22.4 Å². The standard InChI is InChI=1S/C19H15ClNO2S/c20-15-6-8-17(9-7-15)23-18-10-11-19(24-22)14(12-18)13-21-16-4-2-1-3-5-16/h1-12,21H,13H2/q+1. The molecule has 0 amide bonds. The number of hydrogen-bond donors (Lipinski definition) is 1. The number of anilines is 1. The molecule has 120 valence electrons. The van der Waals surface area contributed by atoms with Gasteiger partial charge in [-0.05, 0) is 48.5 Å². The quantitative estimate of drug-likeness (QED) is 0.590. The minimum absolute atomic E-state index is 0.485. The molecule has 24 heavy (non-hydrogen) atoms. The van der Waals surface area contributed by atoms with Gasteiger partial charge in [-0.3, -0.25) is 0 Å². The van der Waals surface area contributed by atoms with Crippen molar-refractivity contribution in [2.24, 2.45) is 0 Å². The summed E-state index contributed by atoms with van der Waals surface area (Å²) in [6, 6.07) is 22.5. The van der Waals surface area contributed by atoms with Crippen molar-refractivity contribution in [1.29, 1.82) is 0 Å². The van der Waals surface area contributed by atoms with Crippen molar-refractivity contribution in [1.82, 2.24) is 0 Å². The van der Waals surface area contributed by atoms with Gasteiger partial charge in [-0.1, -0.05) is 29.8 Å². The van der Waals surface area contributed by atoms with Crippen molar-refractivity contribution in [2.45, 2.75) is 11.4 Å². The minimum atomic E-state index is 0.485. The first kappa shape index (κ1) is 16.4. The van der Waals surface area contributed by atoms with Crippen LogP contribution in [0.4, 0.5) is 5.69 Å². The highest BCUT2D eigenvalue weighted by molar-refractivity contribution is 7.65. The Morgan fingerprint density at radius 3 is 2.33 bits per heavy atom. The summed E-state index contributed by atoms with van der Waals surface area (Å²) in [7, 11) is 0. The Kier molecular flexibility index (Phi) is 5.41. The van der Waals surface area contributed by atoms with E-state index in [4.69, 9.17) is 16.3 Å². The van der Waals surface area contributed by atoms with Gasteiger partial charge < -0.3 is 10.1 Å². The van der Waals surface area contributed by atoms with E-state index >= 15 is 0 Å². The first-order valence-electron chi connectivity index (χ1n) is 7.40. The highest BCUT2D eigenvalue weighted by atomic mass is 35.5. The van der Waals surface area contributed by atoms with Crippen LogP contribution in [0.15, 0.2) is 77.7 Å². The fourth-order valence-electron chi connectivity index (χ4n) is 2.23. The normalized spacial score (nSPS) is 10.2. The average Bonchev–Trinajstić information content (AvgIpc) is 2.63. The second kappa shape index (κ2) is 7.90. The lowest BCUT2D eigenvalue weighted by Gasteiger charge is -2.09. The van der Waals surface area contributed by atoms with Gasteiger partial charge in [0.25, 0.3) is 4.90 Å². The lowest BCUT2D eigenvalue weighted by atomic mass is 10.2. The van der Waals surface area contributed by atoms with E-state index in [0.717, 1.165) is 11.3 Å². The van der Waals surface area contributed by atoms with Crippen LogP contribution in [0, 0.1) is 0 Å². The van der Waals surface area contributed by atoms with Gasteiger partial charge in [-0.2, -0.15) is 0 Å². The molecule has 0 saturated heterocycles. The molecular weight excluding hydrogens is 342 g/mol. The summed E-state index contributed by atoms with van der Waals surface area (Å²) in [5.74, 6) is 1.38. The first-order chi connectivity index (χ1) is 11.7. The van der Waals surface area contributed by atoms with E-state index in [0.29, 0.717) is 39.6 Å². The molecule has 3 nitrogen and oxygen atoms in total. The maximum atomic E-state index is 11.3. The molecule has 3 aromatic carbocycles. The van der Waals surface area contributed by atoms with E-state index in [1.54, 1.807) is 36.4 Å². The highest BCUT2D eigenvalue weighted by Crippen LogP contribution is 2.26. The summed E-state index contributed by atoms with van der Waals surface area (Å²) in [6.45, 7) is 0.548. The van der Waals surface area contributed by atoms with E-state index < -0.39 is 0 Å². The van der Waals surface area contributed by atoms with Gasteiger partial charge in [-0.15, -0.1) is 0 Å². The molecular formula is C19H15ClNO2S+. The van der Waals surface area contributed by atoms with Crippen LogP contribution in [0.25, 0.3) is 0 Å². The number of nitrogens with one attached hydrogen (secondary N) is 1. The molecule has 0 aliphatic heterocycles. The third-order valence-corrected chi connectivity index (χ3v) is 4.26. The molecule has 1 N–H and O–H groups in total. The molecule has 0 saturated carbocycles. The predicted octanol–water partition coefficient (Wildman–Crippen LogP) is 5.53. The molecule has 5 heteroatoms. The van der Waals surface area contributed by atoms with Crippen LogP contribution in [0.2, 0.25) is 5.02 Å². The zero-order chi connectivity index (χ0) is 16.8. The van der Waals surface area contributed by atoms with E-state index in [1.165, 1.54) is 0 Å². The van der Waals surface area contributed by atoms with Gasteiger partial charge in [0.1, 0.15) is 11.5 Å². The Hall–Kier alpha value is -2.43.